The molecule has 0 atom stereocenters. The molecule has 1 heterocycles. The zero-order chi connectivity index (χ0) is 17.1. The van der Waals surface area contributed by atoms with Crippen molar-refractivity contribution >= 4 is 17.4 Å². The number of carbonyl (C=O) groups is 2. The molecule has 5 heteroatoms. The van der Waals surface area contributed by atoms with Crippen molar-refractivity contribution < 1.29 is 14.1 Å². The maximum absolute atomic E-state index is 12.6. The van der Waals surface area contributed by atoms with Gasteiger partial charge in [0.05, 0.1) is 0 Å². The van der Waals surface area contributed by atoms with Crippen molar-refractivity contribution in [3.8, 4) is 11.3 Å². The summed E-state index contributed by atoms with van der Waals surface area (Å²) in [5.74, 6) is 0.129. The molecule has 0 bridgehead atoms. The number of rotatable bonds is 4. The molecule has 1 N–H and O–H groups in total. The Morgan fingerprint density at radius 3 is 2.29 bits per heavy atom. The molecule has 120 valence electrons. The van der Waals surface area contributed by atoms with E-state index in [1.807, 2.05) is 30.3 Å². The van der Waals surface area contributed by atoms with Crippen LogP contribution in [-0.2, 0) is 0 Å². The van der Waals surface area contributed by atoms with Crippen LogP contribution in [0.2, 0.25) is 0 Å². The molecule has 0 aliphatic heterocycles. The van der Waals surface area contributed by atoms with Gasteiger partial charge in [-0.05, 0) is 38.1 Å². The number of benzene rings is 2. The third-order valence-electron chi connectivity index (χ3n) is 3.69. The number of anilines is 1. The SMILES string of the molecule is CC(=O)c1ccc(NC(=O)c2c(-c3ccccc3)noc2C)cc1. The summed E-state index contributed by atoms with van der Waals surface area (Å²) in [5.41, 5.74) is 2.91. The van der Waals surface area contributed by atoms with Crippen molar-refractivity contribution in [2.75, 3.05) is 5.32 Å². The molecule has 3 rings (SSSR count). The summed E-state index contributed by atoms with van der Waals surface area (Å²) in [5, 5.41) is 6.82. The summed E-state index contributed by atoms with van der Waals surface area (Å²) in [6, 6.07) is 16.1. The van der Waals surface area contributed by atoms with Gasteiger partial charge >= 0.3 is 0 Å². The first-order valence-electron chi connectivity index (χ1n) is 7.50. The van der Waals surface area contributed by atoms with Crippen LogP contribution in [0.5, 0.6) is 0 Å². The highest BCUT2D eigenvalue weighted by Crippen LogP contribution is 2.26. The van der Waals surface area contributed by atoms with E-state index in [0.29, 0.717) is 28.3 Å². The maximum atomic E-state index is 12.6. The molecule has 1 aromatic heterocycles. The van der Waals surface area contributed by atoms with Crippen LogP contribution < -0.4 is 5.32 Å². The van der Waals surface area contributed by atoms with Crippen LogP contribution in [0.1, 0.15) is 33.4 Å². The lowest BCUT2D eigenvalue weighted by atomic mass is 10.1. The first-order chi connectivity index (χ1) is 11.6. The minimum atomic E-state index is -0.303. The van der Waals surface area contributed by atoms with E-state index in [2.05, 4.69) is 10.5 Å². The van der Waals surface area contributed by atoms with Crippen LogP contribution in [-0.4, -0.2) is 16.8 Å². The number of carbonyl (C=O) groups excluding carboxylic acids is 2. The molecule has 0 radical (unpaired) electrons. The van der Waals surface area contributed by atoms with E-state index in [1.165, 1.54) is 6.92 Å². The second kappa shape index (κ2) is 6.50. The van der Waals surface area contributed by atoms with E-state index in [0.717, 1.165) is 5.56 Å². The van der Waals surface area contributed by atoms with Gasteiger partial charge in [0.25, 0.3) is 5.91 Å². The first-order valence-corrected chi connectivity index (χ1v) is 7.50. The van der Waals surface area contributed by atoms with E-state index in [-0.39, 0.29) is 11.7 Å². The van der Waals surface area contributed by atoms with Crippen LogP contribution >= 0.6 is 0 Å². The van der Waals surface area contributed by atoms with Gasteiger partial charge in [0, 0.05) is 16.8 Å². The van der Waals surface area contributed by atoms with Crippen molar-refractivity contribution in [1.82, 2.24) is 5.16 Å². The van der Waals surface area contributed by atoms with Crippen molar-refractivity contribution in [2.24, 2.45) is 0 Å². The molecular formula is C19H16N2O3. The van der Waals surface area contributed by atoms with Gasteiger partial charge in [0.15, 0.2) is 5.78 Å². The summed E-state index contributed by atoms with van der Waals surface area (Å²) in [4.78, 5) is 23.9. The average molecular weight is 320 g/mol. The van der Waals surface area contributed by atoms with E-state index in [9.17, 15) is 9.59 Å². The summed E-state index contributed by atoms with van der Waals surface area (Å²) >= 11 is 0. The van der Waals surface area contributed by atoms with Crippen molar-refractivity contribution in [3.05, 3.63) is 71.5 Å². The molecule has 2 aromatic carbocycles. The summed E-state index contributed by atoms with van der Waals surface area (Å²) in [6.07, 6.45) is 0. The number of nitrogens with zero attached hydrogens (tertiary/aromatic N) is 1. The second-order valence-corrected chi connectivity index (χ2v) is 5.42. The predicted molar refractivity (Wildman–Crippen MR) is 91.1 cm³/mol. The fraction of sp³-hybridized carbons (Fsp3) is 0.105. The van der Waals surface area contributed by atoms with Crippen LogP contribution in [0.3, 0.4) is 0 Å². The van der Waals surface area contributed by atoms with Crippen LogP contribution in [0, 0.1) is 6.92 Å². The van der Waals surface area contributed by atoms with E-state index >= 15 is 0 Å². The Morgan fingerprint density at radius 2 is 1.67 bits per heavy atom. The lowest BCUT2D eigenvalue weighted by molar-refractivity contribution is 0.101. The summed E-state index contributed by atoms with van der Waals surface area (Å²) in [6.45, 7) is 3.20. The minimum Gasteiger partial charge on any atom is -0.360 e. The topological polar surface area (TPSA) is 72.2 Å². The number of hydrogen-bond donors (Lipinski definition) is 1. The fourth-order valence-electron chi connectivity index (χ4n) is 2.41. The number of aromatic nitrogens is 1. The fourth-order valence-corrected chi connectivity index (χ4v) is 2.41. The van der Waals surface area contributed by atoms with Gasteiger partial charge in [-0.2, -0.15) is 0 Å². The van der Waals surface area contributed by atoms with Gasteiger partial charge in [-0.15, -0.1) is 0 Å². The number of aryl methyl sites for hydroxylation is 1. The molecule has 0 spiro atoms. The Balaban J connectivity index is 1.88. The molecule has 0 aliphatic rings. The zero-order valence-corrected chi connectivity index (χ0v) is 13.4. The first kappa shape index (κ1) is 15.7. The normalized spacial score (nSPS) is 10.4. The molecule has 0 saturated heterocycles. The largest absolute Gasteiger partial charge is 0.360 e. The van der Waals surface area contributed by atoms with Crippen molar-refractivity contribution in [3.63, 3.8) is 0 Å². The van der Waals surface area contributed by atoms with Gasteiger partial charge < -0.3 is 9.84 Å². The standard InChI is InChI=1S/C19H16N2O3/c1-12(22)14-8-10-16(11-9-14)20-19(23)17-13(2)24-21-18(17)15-6-4-3-5-7-15/h3-11H,1-2H3,(H,20,23). The average Bonchev–Trinajstić information content (AvgIpc) is 2.98. The molecule has 5 nitrogen and oxygen atoms in total. The third kappa shape index (κ3) is 3.10. The van der Waals surface area contributed by atoms with Gasteiger partial charge in [-0.1, -0.05) is 35.5 Å². The Bertz CT molecular complexity index is 881. The molecule has 24 heavy (non-hydrogen) atoms. The predicted octanol–water partition coefficient (Wildman–Crippen LogP) is 4.10. The maximum Gasteiger partial charge on any atom is 0.261 e. The molecule has 0 unspecified atom stereocenters. The minimum absolute atomic E-state index is 0.0193. The van der Waals surface area contributed by atoms with Crippen LogP contribution in [0.15, 0.2) is 59.1 Å². The Kier molecular flexibility index (Phi) is 4.24. The second-order valence-electron chi connectivity index (χ2n) is 5.42. The molecule has 0 saturated carbocycles. The lowest BCUT2D eigenvalue weighted by Gasteiger charge is -2.06. The van der Waals surface area contributed by atoms with Crippen molar-refractivity contribution in [2.45, 2.75) is 13.8 Å². The highest BCUT2D eigenvalue weighted by atomic mass is 16.5. The number of hydrogen-bond acceptors (Lipinski definition) is 4. The van der Waals surface area contributed by atoms with E-state index in [4.69, 9.17) is 4.52 Å². The van der Waals surface area contributed by atoms with Gasteiger partial charge in [-0.25, -0.2) is 0 Å². The third-order valence-corrected chi connectivity index (χ3v) is 3.69. The molecule has 0 fully saturated rings. The van der Waals surface area contributed by atoms with Crippen LogP contribution in [0.25, 0.3) is 11.3 Å². The van der Waals surface area contributed by atoms with Gasteiger partial charge in [0.1, 0.15) is 17.0 Å². The monoisotopic (exact) mass is 320 g/mol. The summed E-state index contributed by atoms with van der Waals surface area (Å²) in [7, 11) is 0. The Morgan fingerprint density at radius 1 is 1.00 bits per heavy atom. The van der Waals surface area contributed by atoms with Gasteiger partial charge in [-0.3, -0.25) is 9.59 Å². The Hall–Kier alpha value is -3.21. The van der Waals surface area contributed by atoms with E-state index < -0.39 is 0 Å². The smallest absolute Gasteiger partial charge is 0.261 e. The highest BCUT2D eigenvalue weighted by molar-refractivity contribution is 6.09. The summed E-state index contributed by atoms with van der Waals surface area (Å²) < 4.78 is 5.20. The number of amides is 1. The molecule has 0 aliphatic carbocycles. The highest BCUT2D eigenvalue weighted by Gasteiger charge is 2.21. The lowest BCUT2D eigenvalue weighted by Crippen LogP contribution is -2.13. The number of nitrogens with one attached hydrogen (secondary N) is 1. The molecular weight excluding hydrogens is 304 g/mol. The van der Waals surface area contributed by atoms with E-state index in [1.54, 1.807) is 31.2 Å². The van der Waals surface area contributed by atoms with Crippen LogP contribution in [0.4, 0.5) is 5.69 Å². The number of Topliss-reactive ketones (excluding diaryl/α,β-unsaturated/α-hetero) is 1. The molecule has 3 aromatic rings. The van der Waals surface area contributed by atoms with Crippen molar-refractivity contribution in [1.29, 1.82) is 0 Å². The van der Waals surface area contributed by atoms with Gasteiger partial charge in [0.2, 0.25) is 0 Å². The Labute approximate surface area is 139 Å². The zero-order valence-electron chi connectivity index (χ0n) is 13.4. The quantitative estimate of drug-likeness (QED) is 0.734. The molecule has 1 amide bonds. The number of ketones is 1.